The van der Waals surface area contributed by atoms with Crippen molar-refractivity contribution in [2.45, 2.75) is 19.8 Å². The molecule has 0 amide bonds. The largest absolute Gasteiger partial charge is 0.396 e. The number of hydrogen-bond acceptors (Lipinski definition) is 1. The predicted octanol–water partition coefficient (Wildman–Crippen LogP) is 2.14. The maximum Gasteiger partial charge on any atom is 0.0465 e. The highest BCUT2D eigenvalue weighted by atomic mass is 16.2. The minimum absolute atomic E-state index is 0.274. The third kappa shape index (κ3) is 18.6. The van der Waals surface area contributed by atoms with E-state index in [2.05, 4.69) is 26.2 Å². The summed E-state index contributed by atoms with van der Waals surface area (Å²) in [5.41, 5.74) is 0. The molecular weight excluding hydrogens is 112 g/mol. The molecule has 0 radical (unpaired) electrons. The maximum absolute atomic E-state index is 8.24. The summed E-state index contributed by atoms with van der Waals surface area (Å²) >= 11 is 0. The maximum atomic E-state index is 8.24. The van der Waals surface area contributed by atoms with Gasteiger partial charge in [0.25, 0.3) is 0 Å². The number of aliphatic hydroxyl groups excluding tert-OH is 1. The molecule has 9 heavy (non-hydrogen) atoms. The molecule has 1 heteroatoms. The minimum Gasteiger partial charge on any atom is -0.396 e. The Kier molecular flexibility index (Phi) is 19.6. The summed E-state index contributed by atoms with van der Waals surface area (Å²) in [6.45, 7) is 8.35. The molecule has 54 valence electrons. The summed E-state index contributed by atoms with van der Waals surface area (Å²) in [6, 6.07) is 0. The monoisotopic (exact) mass is 128 g/mol. The van der Waals surface area contributed by atoms with Gasteiger partial charge in [-0.1, -0.05) is 19.1 Å². The van der Waals surface area contributed by atoms with E-state index >= 15 is 0 Å². The van der Waals surface area contributed by atoms with Gasteiger partial charge in [-0.25, -0.2) is 0 Å². The first-order chi connectivity index (χ1) is 4.41. The summed E-state index contributed by atoms with van der Waals surface area (Å²) < 4.78 is 0. The van der Waals surface area contributed by atoms with Crippen LogP contribution in [0, 0.1) is 0 Å². The van der Waals surface area contributed by atoms with Crippen molar-refractivity contribution in [2.75, 3.05) is 6.61 Å². The van der Waals surface area contributed by atoms with Gasteiger partial charge in [0, 0.05) is 6.61 Å². The molecule has 0 fully saturated rings. The van der Waals surface area contributed by atoms with Gasteiger partial charge < -0.3 is 5.11 Å². The molecule has 0 aromatic carbocycles. The molecule has 0 aliphatic rings. The first-order valence-corrected chi connectivity index (χ1v) is 3.17. The smallest absolute Gasteiger partial charge is 0.0465 e. The highest BCUT2D eigenvalue weighted by Crippen LogP contribution is 1.82. The number of aliphatic hydroxyl groups is 1. The third-order valence-corrected chi connectivity index (χ3v) is 0.698. The van der Waals surface area contributed by atoms with Crippen molar-refractivity contribution in [3.05, 3.63) is 25.3 Å². The van der Waals surface area contributed by atoms with Gasteiger partial charge in [-0.3, -0.25) is 0 Å². The molecule has 0 heterocycles. The van der Waals surface area contributed by atoms with Gasteiger partial charge in [0.15, 0.2) is 0 Å². The van der Waals surface area contributed by atoms with Crippen LogP contribution in [-0.4, -0.2) is 11.7 Å². The first-order valence-electron chi connectivity index (χ1n) is 3.17. The van der Waals surface area contributed by atoms with Gasteiger partial charge in [0.05, 0.1) is 0 Å². The van der Waals surface area contributed by atoms with Crippen LogP contribution in [0.15, 0.2) is 25.3 Å². The Morgan fingerprint density at radius 1 is 1.33 bits per heavy atom. The number of hydrogen-bond donors (Lipinski definition) is 1. The fraction of sp³-hybridized carbons (Fsp3) is 0.500. The molecule has 0 saturated heterocycles. The molecule has 0 saturated carbocycles. The van der Waals surface area contributed by atoms with Crippen molar-refractivity contribution >= 4 is 0 Å². The van der Waals surface area contributed by atoms with Crippen molar-refractivity contribution in [3.63, 3.8) is 0 Å². The van der Waals surface area contributed by atoms with Crippen LogP contribution in [0.2, 0.25) is 0 Å². The second-order valence-corrected chi connectivity index (χ2v) is 1.39. The van der Waals surface area contributed by atoms with Gasteiger partial charge >= 0.3 is 0 Å². The van der Waals surface area contributed by atoms with Crippen molar-refractivity contribution in [1.82, 2.24) is 0 Å². The fourth-order valence-electron chi connectivity index (χ4n) is 0.359. The summed E-state index contributed by atoms with van der Waals surface area (Å²) in [4.78, 5) is 0. The Labute approximate surface area is 57.7 Å². The lowest BCUT2D eigenvalue weighted by molar-refractivity contribution is 0.302. The van der Waals surface area contributed by atoms with Crippen molar-refractivity contribution < 1.29 is 5.11 Å². The van der Waals surface area contributed by atoms with E-state index in [1.54, 1.807) is 0 Å². The lowest BCUT2D eigenvalue weighted by atomic mass is 10.3. The Balaban J connectivity index is 0. The van der Waals surface area contributed by atoms with Gasteiger partial charge in [-0.2, -0.15) is 0 Å². The average molecular weight is 128 g/mol. The fourth-order valence-corrected chi connectivity index (χ4v) is 0.359. The second-order valence-electron chi connectivity index (χ2n) is 1.39. The molecule has 1 nitrogen and oxygen atoms in total. The Bertz CT molecular complexity index is 57.6. The molecule has 0 aromatic heterocycles. The summed E-state index contributed by atoms with van der Waals surface area (Å²) in [5, 5.41) is 8.24. The normalized spacial score (nSPS) is 8.67. The lowest BCUT2D eigenvalue weighted by Crippen LogP contribution is -1.73. The van der Waals surface area contributed by atoms with E-state index in [1.165, 1.54) is 0 Å². The molecule has 0 aliphatic heterocycles. The van der Waals surface area contributed by atoms with Crippen LogP contribution in [0.1, 0.15) is 19.8 Å². The molecule has 0 rings (SSSR count). The molecule has 0 spiro atoms. The van der Waals surface area contributed by atoms with E-state index in [4.69, 9.17) is 5.11 Å². The van der Waals surface area contributed by atoms with E-state index in [1.807, 2.05) is 6.08 Å². The zero-order chi connectivity index (χ0) is 7.54. The number of allylic oxidation sites excluding steroid dienone is 1. The van der Waals surface area contributed by atoms with E-state index in [-0.39, 0.29) is 6.61 Å². The standard InChI is InChI=1S/C6H12O.C2H4/c1-2-3-4-5-6-7;1-2/h3-4,7H,2,5-6H2,1H3;1-2H2/b4-3-;. The van der Waals surface area contributed by atoms with Crippen LogP contribution in [0.3, 0.4) is 0 Å². The zero-order valence-electron chi connectivity index (χ0n) is 6.14. The van der Waals surface area contributed by atoms with Gasteiger partial charge in [0.2, 0.25) is 0 Å². The molecule has 0 aliphatic carbocycles. The van der Waals surface area contributed by atoms with Crippen LogP contribution in [0.4, 0.5) is 0 Å². The van der Waals surface area contributed by atoms with Gasteiger partial charge in [0.1, 0.15) is 0 Å². The summed E-state index contributed by atoms with van der Waals surface area (Å²) in [6.07, 6.45) is 5.91. The highest BCUT2D eigenvalue weighted by molar-refractivity contribution is 4.79. The van der Waals surface area contributed by atoms with Crippen LogP contribution < -0.4 is 0 Å². The van der Waals surface area contributed by atoms with Crippen LogP contribution in [-0.2, 0) is 0 Å². The van der Waals surface area contributed by atoms with Crippen molar-refractivity contribution in [2.24, 2.45) is 0 Å². The Hall–Kier alpha value is -0.560. The van der Waals surface area contributed by atoms with E-state index in [0.29, 0.717) is 0 Å². The lowest BCUT2D eigenvalue weighted by Gasteiger charge is -1.79. The van der Waals surface area contributed by atoms with Crippen molar-refractivity contribution in [1.29, 1.82) is 0 Å². The van der Waals surface area contributed by atoms with Gasteiger partial charge in [-0.15, -0.1) is 13.2 Å². The van der Waals surface area contributed by atoms with E-state index < -0.39 is 0 Å². The SMILES string of the molecule is C=C.CC/C=C\CCO. The molecule has 0 unspecified atom stereocenters. The molecule has 1 N–H and O–H groups in total. The van der Waals surface area contributed by atoms with E-state index in [0.717, 1.165) is 12.8 Å². The molecule has 0 atom stereocenters. The molecule has 0 aromatic rings. The molecule has 0 bridgehead atoms. The Morgan fingerprint density at radius 3 is 2.22 bits per heavy atom. The second kappa shape index (κ2) is 15.7. The third-order valence-electron chi connectivity index (χ3n) is 0.698. The summed E-state index contributed by atoms with van der Waals surface area (Å²) in [5.74, 6) is 0. The minimum atomic E-state index is 0.274. The molecular formula is C8H16O. The highest BCUT2D eigenvalue weighted by Gasteiger charge is 1.68. The topological polar surface area (TPSA) is 20.2 Å². The van der Waals surface area contributed by atoms with Crippen LogP contribution in [0.25, 0.3) is 0 Å². The predicted molar refractivity (Wildman–Crippen MR) is 42.4 cm³/mol. The van der Waals surface area contributed by atoms with E-state index in [9.17, 15) is 0 Å². The van der Waals surface area contributed by atoms with Crippen LogP contribution in [0.5, 0.6) is 0 Å². The Morgan fingerprint density at radius 2 is 1.89 bits per heavy atom. The van der Waals surface area contributed by atoms with Crippen LogP contribution >= 0.6 is 0 Å². The average Bonchev–Trinajstić information content (AvgIpc) is 1.94. The zero-order valence-corrected chi connectivity index (χ0v) is 6.14. The quantitative estimate of drug-likeness (QED) is 0.577. The number of rotatable bonds is 3. The first kappa shape index (κ1) is 11.3. The van der Waals surface area contributed by atoms with Crippen molar-refractivity contribution in [3.8, 4) is 0 Å². The summed E-state index contributed by atoms with van der Waals surface area (Å²) in [7, 11) is 0. The van der Waals surface area contributed by atoms with Gasteiger partial charge in [-0.05, 0) is 12.8 Å².